The van der Waals surface area contributed by atoms with Crippen LogP contribution in [0.25, 0.3) is 0 Å². The number of hydrogen-bond donors (Lipinski definition) is 1. The highest BCUT2D eigenvalue weighted by molar-refractivity contribution is 5.19. The lowest BCUT2D eigenvalue weighted by molar-refractivity contribution is 0.304. The van der Waals surface area contributed by atoms with Gasteiger partial charge in [0.1, 0.15) is 0 Å². The largest absolute Gasteiger partial charge is 0.488 e. The van der Waals surface area contributed by atoms with Crippen LogP contribution in [0.3, 0.4) is 0 Å². The molecule has 0 spiro atoms. The maximum Gasteiger partial charge on any atom is 0.293 e. The topological polar surface area (TPSA) is 43.3 Å². The van der Waals surface area contributed by atoms with Gasteiger partial charge in [0.2, 0.25) is 0 Å². The van der Waals surface area contributed by atoms with Gasteiger partial charge in [0.05, 0.1) is 6.61 Å². The number of rotatable bonds is 5. The summed E-state index contributed by atoms with van der Waals surface area (Å²) >= 11 is 0. The maximum atomic E-state index is 12.5. The number of benzene rings is 1. The van der Waals surface area contributed by atoms with Gasteiger partial charge in [0, 0.05) is 18.7 Å². The van der Waals surface area contributed by atoms with E-state index >= 15 is 0 Å². The molecule has 0 aliphatic carbocycles. The Kier molecular flexibility index (Phi) is 4.91. The first-order chi connectivity index (χ1) is 10.8. The normalized spacial score (nSPS) is 15.6. The first-order valence-electron chi connectivity index (χ1n) is 7.93. The molecule has 116 valence electrons. The highest BCUT2D eigenvalue weighted by atomic mass is 16.5. The molecule has 0 saturated carbocycles. The van der Waals surface area contributed by atoms with E-state index in [0.717, 1.165) is 32.4 Å². The van der Waals surface area contributed by atoms with Crippen molar-refractivity contribution in [1.82, 2.24) is 9.88 Å². The van der Waals surface area contributed by atoms with Crippen LogP contribution in [0.1, 0.15) is 24.4 Å². The monoisotopic (exact) mass is 298 g/mol. The minimum atomic E-state index is -0.0116. The predicted octanol–water partition coefficient (Wildman–Crippen LogP) is 2.39. The van der Waals surface area contributed by atoms with Gasteiger partial charge in [-0.25, -0.2) is 0 Å². The predicted molar refractivity (Wildman–Crippen MR) is 87.5 cm³/mol. The van der Waals surface area contributed by atoms with Crippen molar-refractivity contribution in [1.29, 1.82) is 0 Å². The first kappa shape index (κ1) is 14.9. The van der Waals surface area contributed by atoms with Gasteiger partial charge in [0.25, 0.3) is 5.56 Å². The molecule has 0 atom stereocenters. The number of pyridine rings is 1. The maximum absolute atomic E-state index is 12.5. The second-order valence-electron chi connectivity index (χ2n) is 5.65. The standard InChI is InChI=1S/C18H22N2O2/c21-18-17(22-14-10-15-5-2-1-3-6-15)7-4-13-20(18)16-8-11-19-12-9-16/h1-7,13,16,19H,8-12,14H2. The Labute approximate surface area is 130 Å². The molecule has 0 amide bonds. The molecular formula is C18H22N2O2. The van der Waals surface area contributed by atoms with Gasteiger partial charge in [-0.05, 0) is 43.6 Å². The van der Waals surface area contributed by atoms with Gasteiger partial charge in [-0.3, -0.25) is 4.79 Å². The van der Waals surface area contributed by atoms with E-state index < -0.39 is 0 Å². The fourth-order valence-electron chi connectivity index (χ4n) is 2.90. The summed E-state index contributed by atoms with van der Waals surface area (Å²) in [5.41, 5.74) is 1.21. The molecule has 1 aliphatic rings. The van der Waals surface area contributed by atoms with Crippen molar-refractivity contribution in [3.05, 3.63) is 64.6 Å². The zero-order valence-corrected chi connectivity index (χ0v) is 12.7. The molecule has 0 radical (unpaired) electrons. The zero-order valence-electron chi connectivity index (χ0n) is 12.7. The van der Waals surface area contributed by atoms with Crippen molar-refractivity contribution < 1.29 is 4.74 Å². The summed E-state index contributed by atoms with van der Waals surface area (Å²) in [5, 5.41) is 3.32. The summed E-state index contributed by atoms with van der Waals surface area (Å²) < 4.78 is 7.56. The SMILES string of the molecule is O=c1c(OCCc2ccccc2)cccn1C1CCNCC1. The van der Waals surface area contributed by atoms with Gasteiger partial charge in [-0.15, -0.1) is 0 Å². The van der Waals surface area contributed by atoms with Crippen LogP contribution in [-0.2, 0) is 6.42 Å². The van der Waals surface area contributed by atoms with Crippen LogP contribution in [0, 0.1) is 0 Å². The third-order valence-electron chi connectivity index (χ3n) is 4.13. The molecule has 3 rings (SSSR count). The van der Waals surface area contributed by atoms with Gasteiger partial charge < -0.3 is 14.6 Å². The van der Waals surface area contributed by atoms with E-state index in [0.29, 0.717) is 12.4 Å². The molecule has 22 heavy (non-hydrogen) atoms. The van der Waals surface area contributed by atoms with E-state index in [2.05, 4.69) is 17.4 Å². The summed E-state index contributed by atoms with van der Waals surface area (Å²) in [7, 11) is 0. The summed E-state index contributed by atoms with van der Waals surface area (Å²) in [6.45, 7) is 2.46. The number of nitrogens with one attached hydrogen (secondary N) is 1. The Bertz CT molecular complexity index is 646. The molecule has 0 bridgehead atoms. The number of ether oxygens (including phenoxy) is 1. The van der Waals surface area contributed by atoms with E-state index in [9.17, 15) is 4.79 Å². The highest BCUT2D eigenvalue weighted by Gasteiger charge is 2.17. The molecule has 1 aromatic heterocycles. The van der Waals surface area contributed by atoms with Crippen LogP contribution in [0.4, 0.5) is 0 Å². The summed E-state index contributed by atoms with van der Waals surface area (Å²) in [6, 6.07) is 14.1. The van der Waals surface area contributed by atoms with Gasteiger partial charge in [0.15, 0.2) is 5.75 Å². The number of hydrogen-bond acceptors (Lipinski definition) is 3. The summed E-state index contributed by atoms with van der Waals surface area (Å²) in [4.78, 5) is 12.5. The van der Waals surface area contributed by atoms with Crippen LogP contribution in [0.2, 0.25) is 0 Å². The van der Waals surface area contributed by atoms with Crippen molar-refractivity contribution in [3.63, 3.8) is 0 Å². The van der Waals surface area contributed by atoms with Gasteiger partial charge in [-0.1, -0.05) is 30.3 Å². The van der Waals surface area contributed by atoms with Crippen LogP contribution in [0.5, 0.6) is 5.75 Å². The van der Waals surface area contributed by atoms with Crippen LogP contribution >= 0.6 is 0 Å². The molecule has 1 saturated heterocycles. The quantitative estimate of drug-likeness (QED) is 0.922. The number of piperidine rings is 1. The van der Waals surface area contributed by atoms with E-state index in [-0.39, 0.29) is 11.6 Å². The molecule has 1 fully saturated rings. The molecule has 1 aliphatic heterocycles. The fraction of sp³-hybridized carbons (Fsp3) is 0.389. The van der Waals surface area contributed by atoms with E-state index in [1.54, 1.807) is 6.07 Å². The molecule has 4 heteroatoms. The van der Waals surface area contributed by atoms with Crippen molar-refractivity contribution in [2.75, 3.05) is 19.7 Å². The van der Waals surface area contributed by atoms with Crippen LogP contribution in [-0.4, -0.2) is 24.3 Å². The number of aromatic nitrogens is 1. The molecule has 0 unspecified atom stereocenters. The van der Waals surface area contributed by atoms with Gasteiger partial charge >= 0.3 is 0 Å². The fourth-order valence-corrected chi connectivity index (χ4v) is 2.90. The van der Waals surface area contributed by atoms with Crippen molar-refractivity contribution in [2.45, 2.75) is 25.3 Å². The Balaban J connectivity index is 1.65. The minimum Gasteiger partial charge on any atom is -0.488 e. The summed E-state index contributed by atoms with van der Waals surface area (Å²) in [6.07, 6.45) is 4.67. The van der Waals surface area contributed by atoms with Gasteiger partial charge in [-0.2, -0.15) is 0 Å². The van der Waals surface area contributed by atoms with Crippen molar-refractivity contribution >= 4 is 0 Å². The molecule has 2 heterocycles. The van der Waals surface area contributed by atoms with Crippen LogP contribution in [0.15, 0.2) is 53.5 Å². The lowest BCUT2D eigenvalue weighted by Gasteiger charge is -2.25. The number of nitrogens with zero attached hydrogens (tertiary/aromatic N) is 1. The van der Waals surface area contributed by atoms with E-state index in [1.165, 1.54) is 5.56 Å². The van der Waals surface area contributed by atoms with E-state index in [1.807, 2.05) is 35.0 Å². The molecular weight excluding hydrogens is 276 g/mol. The third-order valence-corrected chi connectivity index (χ3v) is 4.13. The van der Waals surface area contributed by atoms with E-state index in [4.69, 9.17) is 4.74 Å². The lowest BCUT2D eigenvalue weighted by atomic mass is 10.1. The lowest BCUT2D eigenvalue weighted by Crippen LogP contribution is -2.34. The third kappa shape index (κ3) is 3.57. The van der Waals surface area contributed by atoms with Crippen LogP contribution < -0.4 is 15.6 Å². The minimum absolute atomic E-state index is 0.0116. The smallest absolute Gasteiger partial charge is 0.293 e. The molecule has 1 N–H and O–H groups in total. The summed E-state index contributed by atoms with van der Waals surface area (Å²) in [5.74, 6) is 0.456. The second-order valence-corrected chi connectivity index (χ2v) is 5.65. The zero-order chi connectivity index (χ0) is 15.2. The molecule has 4 nitrogen and oxygen atoms in total. The van der Waals surface area contributed by atoms with Crippen molar-refractivity contribution in [3.8, 4) is 5.75 Å². The Morgan fingerprint density at radius 3 is 2.64 bits per heavy atom. The Hall–Kier alpha value is -2.07. The average Bonchev–Trinajstić information content (AvgIpc) is 2.58. The average molecular weight is 298 g/mol. The van der Waals surface area contributed by atoms with Crippen molar-refractivity contribution in [2.24, 2.45) is 0 Å². The molecule has 1 aromatic carbocycles. The Morgan fingerprint density at radius 2 is 1.86 bits per heavy atom. The highest BCUT2D eigenvalue weighted by Crippen LogP contribution is 2.17. The Morgan fingerprint density at radius 1 is 1.09 bits per heavy atom. The first-order valence-corrected chi connectivity index (χ1v) is 7.93. The molecule has 2 aromatic rings. The second kappa shape index (κ2) is 7.27.